The zero-order valence-corrected chi connectivity index (χ0v) is 20.3. The molecule has 0 bridgehead atoms. The number of nitrogens with zero attached hydrogens (tertiary/aromatic N) is 2. The van der Waals surface area contributed by atoms with Crippen LogP contribution in [0.15, 0.2) is 60.7 Å². The van der Waals surface area contributed by atoms with Crippen LogP contribution in [-0.4, -0.2) is 30.6 Å². The van der Waals surface area contributed by atoms with Gasteiger partial charge in [-0.25, -0.2) is 13.6 Å². The van der Waals surface area contributed by atoms with E-state index in [1.165, 1.54) is 12.1 Å². The fraction of sp³-hybridized carbons (Fsp3) is 0.345. The average molecular weight is 492 g/mol. The Labute approximate surface area is 210 Å². The van der Waals surface area contributed by atoms with Gasteiger partial charge < -0.3 is 20.3 Å². The number of amides is 1. The van der Waals surface area contributed by atoms with E-state index in [2.05, 4.69) is 4.90 Å². The second-order valence-corrected chi connectivity index (χ2v) is 9.72. The predicted molar refractivity (Wildman–Crippen MR) is 137 cm³/mol. The van der Waals surface area contributed by atoms with Gasteiger partial charge in [-0.2, -0.15) is 0 Å². The molecule has 2 N–H and O–H groups in total. The van der Waals surface area contributed by atoms with Crippen molar-refractivity contribution in [1.29, 1.82) is 0 Å². The molecule has 1 saturated heterocycles. The number of anilines is 2. The number of halogens is 2. The lowest BCUT2D eigenvalue weighted by atomic mass is 9.85. The summed E-state index contributed by atoms with van der Waals surface area (Å²) in [5, 5.41) is 0. The Kier molecular flexibility index (Phi) is 7.07. The van der Waals surface area contributed by atoms with E-state index in [4.69, 9.17) is 10.5 Å². The molecule has 0 aromatic heterocycles. The lowest BCUT2D eigenvalue weighted by molar-refractivity contribution is 0.0913. The number of nitrogens with two attached hydrogens (primary N) is 1. The van der Waals surface area contributed by atoms with E-state index in [1.54, 1.807) is 17.0 Å². The summed E-state index contributed by atoms with van der Waals surface area (Å²) in [6.45, 7) is 2.47. The van der Waals surface area contributed by atoms with E-state index in [1.807, 2.05) is 36.4 Å². The van der Waals surface area contributed by atoms with Crippen LogP contribution in [0.25, 0.3) is 0 Å². The molecule has 0 aliphatic carbocycles. The van der Waals surface area contributed by atoms with Crippen molar-refractivity contribution < 1.29 is 18.3 Å². The first kappa shape index (κ1) is 24.1. The minimum absolute atomic E-state index is 0.199. The van der Waals surface area contributed by atoms with Crippen molar-refractivity contribution in [3.05, 3.63) is 94.6 Å². The minimum atomic E-state index is -0.420. The smallest absolute Gasteiger partial charge is 0.410 e. The summed E-state index contributed by atoms with van der Waals surface area (Å²) in [5.74, 6) is -0.114. The lowest BCUT2D eigenvalue weighted by Crippen LogP contribution is -2.37. The third kappa shape index (κ3) is 5.30. The van der Waals surface area contributed by atoms with E-state index in [-0.39, 0.29) is 24.8 Å². The third-order valence-electron chi connectivity index (χ3n) is 7.35. The molecule has 2 aliphatic heterocycles. The molecule has 0 unspecified atom stereocenters. The van der Waals surface area contributed by atoms with Crippen molar-refractivity contribution in [2.75, 3.05) is 30.3 Å². The molecule has 0 saturated carbocycles. The summed E-state index contributed by atoms with van der Waals surface area (Å²) in [6.07, 6.45) is 2.93. The number of hydrogen-bond acceptors (Lipinski definition) is 4. The summed E-state index contributed by atoms with van der Waals surface area (Å²) in [6, 6.07) is 17.8. The zero-order chi connectivity index (χ0) is 25.1. The Balaban J connectivity index is 1.20. The Morgan fingerprint density at radius 1 is 0.944 bits per heavy atom. The molecule has 2 aliphatic rings. The van der Waals surface area contributed by atoms with Crippen LogP contribution >= 0.6 is 0 Å². The first-order valence-electron chi connectivity index (χ1n) is 12.5. The van der Waals surface area contributed by atoms with Gasteiger partial charge in [0.05, 0.1) is 12.2 Å². The van der Waals surface area contributed by atoms with Gasteiger partial charge in [0, 0.05) is 30.9 Å². The SMILES string of the molecule is Nc1ccc(N2CCC(Cc3ccc(F)c4c3CCN(C(=O)OCc3ccccc3)C4)CC2)c(F)c1. The molecule has 36 heavy (non-hydrogen) atoms. The molecular weight excluding hydrogens is 460 g/mol. The number of fused-ring (bicyclic) bond motifs is 1. The highest BCUT2D eigenvalue weighted by Crippen LogP contribution is 2.32. The maximum Gasteiger partial charge on any atom is 0.410 e. The number of rotatable bonds is 5. The molecule has 5 nitrogen and oxygen atoms in total. The van der Waals surface area contributed by atoms with Gasteiger partial charge in [0.1, 0.15) is 18.2 Å². The van der Waals surface area contributed by atoms with E-state index >= 15 is 0 Å². The van der Waals surface area contributed by atoms with Gasteiger partial charge in [0.25, 0.3) is 0 Å². The van der Waals surface area contributed by atoms with Gasteiger partial charge in [-0.1, -0.05) is 36.4 Å². The first-order chi connectivity index (χ1) is 17.5. The molecule has 188 valence electrons. The number of nitrogen functional groups attached to an aromatic ring is 1. The maximum absolute atomic E-state index is 14.8. The molecule has 1 amide bonds. The molecule has 7 heteroatoms. The van der Waals surface area contributed by atoms with Crippen molar-refractivity contribution in [2.24, 2.45) is 5.92 Å². The quantitative estimate of drug-likeness (QED) is 0.465. The Bertz CT molecular complexity index is 1230. The highest BCUT2D eigenvalue weighted by Gasteiger charge is 2.28. The second kappa shape index (κ2) is 10.6. The standard InChI is InChI=1S/C29H31F2N3O2/c30-26-8-6-22(16-20-10-13-33(14-11-20)28-9-7-23(32)17-27(28)31)24-12-15-34(18-25(24)26)29(35)36-19-21-4-2-1-3-5-21/h1-9,17,20H,10-16,18-19,32H2. The van der Waals surface area contributed by atoms with Crippen LogP contribution in [0.1, 0.15) is 35.1 Å². The highest BCUT2D eigenvalue weighted by molar-refractivity contribution is 5.68. The van der Waals surface area contributed by atoms with E-state index in [0.717, 1.165) is 49.0 Å². The highest BCUT2D eigenvalue weighted by atomic mass is 19.1. The molecule has 3 aromatic rings. The molecule has 0 spiro atoms. The predicted octanol–water partition coefficient (Wildman–Crippen LogP) is 5.70. The molecule has 3 aromatic carbocycles. The molecule has 2 heterocycles. The monoisotopic (exact) mass is 491 g/mol. The number of hydrogen-bond donors (Lipinski definition) is 1. The summed E-state index contributed by atoms with van der Waals surface area (Å²) >= 11 is 0. The number of piperidine rings is 1. The van der Waals surface area contributed by atoms with Crippen LogP contribution in [-0.2, 0) is 30.7 Å². The summed E-state index contributed by atoms with van der Waals surface area (Å²) in [4.78, 5) is 16.3. The Morgan fingerprint density at radius 2 is 1.72 bits per heavy atom. The van der Waals surface area contributed by atoms with Crippen LogP contribution < -0.4 is 10.6 Å². The van der Waals surface area contributed by atoms with Crippen LogP contribution in [0.4, 0.5) is 25.0 Å². The van der Waals surface area contributed by atoms with E-state index in [0.29, 0.717) is 35.8 Å². The zero-order valence-electron chi connectivity index (χ0n) is 20.3. The van der Waals surface area contributed by atoms with Gasteiger partial charge in [0.2, 0.25) is 0 Å². The van der Waals surface area contributed by atoms with E-state index < -0.39 is 6.09 Å². The average Bonchev–Trinajstić information content (AvgIpc) is 2.90. The fourth-order valence-corrected chi connectivity index (χ4v) is 5.34. The van der Waals surface area contributed by atoms with Crippen LogP contribution in [0.3, 0.4) is 0 Å². The van der Waals surface area contributed by atoms with Crippen LogP contribution in [0.2, 0.25) is 0 Å². The minimum Gasteiger partial charge on any atom is -0.445 e. The second-order valence-electron chi connectivity index (χ2n) is 9.72. The number of carbonyl (C=O) groups is 1. The summed E-state index contributed by atoms with van der Waals surface area (Å²) in [5.41, 5.74) is 10.4. The molecule has 0 atom stereocenters. The Morgan fingerprint density at radius 3 is 2.47 bits per heavy atom. The van der Waals surface area contributed by atoms with Crippen molar-refractivity contribution >= 4 is 17.5 Å². The fourth-order valence-electron chi connectivity index (χ4n) is 5.34. The molecule has 1 fully saturated rings. The maximum atomic E-state index is 14.8. The summed E-state index contributed by atoms with van der Waals surface area (Å²) < 4.78 is 34.6. The lowest BCUT2D eigenvalue weighted by Gasteiger charge is -2.35. The van der Waals surface area contributed by atoms with Crippen molar-refractivity contribution in [3.63, 3.8) is 0 Å². The van der Waals surface area contributed by atoms with Crippen LogP contribution in [0, 0.1) is 17.6 Å². The van der Waals surface area contributed by atoms with Gasteiger partial charge in [-0.05, 0) is 72.6 Å². The molecule has 0 radical (unpaired) electrons. The van der Waals surface area contributed by atoms with Gasteiger partial charge in [0.15, 0.2) is 0 Å². The van der Waals surface area contributed by atoms with Gasteiger partial charge in [-0.3, -0.25) is 0 Å². The topological polar surface area (TPSA) is 58.8 Å². The van der Waals surface area contributed by atoms with Crippen molar-refractivity contribution in [3.8, 4) is 0 Å². The number of ether oxygens (including phenoxy) is 1. The van der Waals surface area contributed by atoms with Crippen LogP contribution in [0.5, 0.6) is 0 Å². The van der Waals surface area contributed by atoms with Crippen molar-refractivity contribution in [2.45, 2.75) is 38.8 Å². The first-order valence-corrected chi connectivity index (χ1v) is 12.5. The van der Waals surface area contributed by atoms with E-state index in [9.17, 15) is 13.6 Å². The third-order valence-corrected chi connectivity index (χ3v) is 7.35. The normalized spacial score (nSPS) is 16.1. The molecular formula is C29H31F2N3O2. The molecule has 5 rings (SSSR count). The number of benzene rings is 3. The van der Waals surface area contributed by atoms with Gasteiger partial charge in [-0.15, -0.1) is 0 Å². The van der Waals surface area contributed by atoms with Gasteiger partial charge >= 0.3 is 6.09 Å². The van der Waals surface area contributed by atoms with Crippen molar-refractivity contribution in [1.82, 2.24) is 4.90 Å². The Hall–Kier alpha value is -3.61. The largest absolute Gasteiger partial charge is 0.445 e. The number of carbonyl (C=O) groups excluding carboxylic acids is 1. The summed E-state index contributed by atoms with van der Waals surface area (Å²) in [7, 11) is 0.